The zero-order chi connectivity index (χ0) is 23.7. The van der Waals surface area contributed by atoms with Crippen LogP contribution >= 0.6 is 0 Å². The summed E-state index contributed by atoms with van der Waals surface area (Å²) in [6.07, 6.45) is 3.81. The Balaban J connectivity index is 1.22. The Morgan fingerprint density at radius 3 is 2.29 bits per heavy atom. The van der Waals surface area contributed by atoms with Crippen molar-refractivity contribution in [3.8, 4) is 0 Å². The quantitative estimate of drug-likeness (QED) is 0.571. The van der Waals surface area contributed by atoms with Crippen molar-refractivity contribution in [3.63, 3.8) is 0 Å². The van der Waals surface area contributed by atoms with Crippen molar-refractivity contribution in [1.82, 2.24) is 15.5 Å². The Morgan fingerprint density at radius 2 is 1.56 bits per heavy atom. The standard InChI is InChI=1S/C26H28N4O4/c31-23-8-7-22(24(32)29-23)30-25(33)20-6-3-18(14-21(20)26(30)34)15-28-19-4-1-16(2-5-19)13-17-9-11-27-12-10-17/h1-6,14,17,22,27-28H,7-13,15H2,(H,29,31,32). The smallest absolute Gasteiger partial charge is 0.262 e. The third-order valence-electron chi connectivity index (χ3n) is 6.94. The lowest BCUT2D eigenvalue weighted by atomic mass is 9.91. The molecule has 1 unspecified atom stereocenters. The van der Waals surface area contributed by atoms with E-state index in [1.54, 1.807) is 12.1 Å². The van der Waals surface area contributed by atoms with Crippen LogP contribution in [0.15, 0.2) is 42.5 Å². The molecule has 2 fully saturated rings. The summed E-state index contributed by atoms with van der Waals surface area (Å²) in [6, 6.07) is 12.7. The molecule has 0 saturated carbocycles. The summed E-state index contributed by atoms with van der Waals surface area (Å²) in [7, 11) is 0. The van der Waals surface area contributed by atoms with Crippen LogP contribution in [0.1, 0.15) is 57.5 Å². The molecule has 0 aromatic heterocycles. The molecule has 5 rings (SSSR count). The first-order valence-electron chi connectivity index (χ1n) is 11.9. The number of fused-ring (bicyclic) bond motifs is 1. The molecule has 0 aliphatic carbocycles. The van der Waals surface area contributed by atoms with Crippen LogP contribution in [0.5, 0.6) is 0 Å². The molecule has 0 spiro atoms. The van der Waals surface area contributed by atoms with Crippen LogP contribution in [0.3, 0.4) is 0 Å². The molecule has 8 heteroatoms. The highest BCUT2D eigenvalue weighted by Gasteiger charge is 2.44. The second-order valence-electron chi connectivity index (χ2n) is 9.28. The number of hydrogen-bond donors (Lipinski definition) is 3. The van der Waals surface area contributed by atoms with E-state index in [-0.39, 0.29) is 18.7 Å². The van der Waals surface area contributed by atoms with Gasteiger partial charge < -0.3 is 10.6 Å². The molecule has 34 heavy (non-hydrogen) atoms. The van der Waals surface area contributed by atoms with E-state index < -0.39 is 23.8 Å². The van der Waals surface area contributed by atoms with Crippen molar-refractivity contribution >= 4 is 29.3 Å². The van der Waals surface area contributed by atoms with Gasteiger partial charge in [0.15, 0.2) is 0 Å². The molecule has 0 bridgehead atoms. The van der Waals surface area contributed by atoms with Crippen molar-refractivity contribution in [3.05, 3.63) is 64.7 Å². The van der Waals surface area contributed by atoms with Crippen LogP contribution in [0.4, 0.5) is 5.69 Å². The van der Waals surface area contributed by atoms with E-state index in [4.69, 9.17) is 0 Å². The van der Waals surface area contributed by atoms with E-state index >= 15 is 0 Å². The van der Waals surface area contributed by atoms with Crippen LogP contribution in [0.25, 0.3) is 0 Å². The molecule has 2 aromatic rings. The van der Waals surface area contributed by atoms with Gasteiger partial charge >= 0.3 is 0 Å². The van der Waals surface area contributed by atoms with E-state index in [2.05, 4.69) is 40.2 Å². The first-order chi connectivity index (χ1) is 16.5. The summed E-state index contributed by atoms with van der Waals surface area (Å²) < 4.78 is 0. The summed E-state index contributed by atoms with van der Waals surface area (Å²) in [4.78, 5) is 50.4. The van der Waals surface area contributed by atoms with Gasteiger partial charge in [0.05, 0.1) is 11.1 Å². The van der Waals surface area contributed by atoms with Gasteiger partial charge in [-0.25, -0.2) is 0 Å². The SMILES string of the molecule is O=C1CCC(N2C(=O)c3ccc(CNc4ccc(CC5CCNCC5)cc4)cc3C2=O)C(=O)N1. The van der Waals surface area contributed by atoms with Gasteiger partial charge in [-0.3, -0.25) is 29.4 Å². The molecule has 3 aliphatic heterocycles. The monoisotopic (exact) mass is 460 g/mol. The Kier molecular flexibility index (Phi) is 6.15. The first kappa shape index (κ1) is 22.3. The summed E-state index contributed by atoms with van der Waals surface area (Å²) >= 11 is 0. The van der Waals surface area contributed by atoms with Crippen molar-refractivity contribution < 1.29 is 19.2 Å². The van der Waals surface area contributed by atoms with Crippen molar-refractivity contribution in [1.29, 1.82) is 0 Å². The zero-order valence-electron chi connectivity index (χ0n) is 18.9. The Hall–Kier alpha value is -3.52. The minimum atomic E-state index is -0.949. The predicted molar refractivity (Wildman–Crippen MR) is 126 cm³/mol. The predicted octanol–water partition coefficient (Wildman–Crippen LogP) is 2.24. The molecule has 0 radical (unpaired) electrons. The first-order valence-corrected chi connectivity index (χ1v) is 11.9. The van der Waals surface area contributed by atoms with Gasteiger partial charge in [-0.15, -0.1) is 0 Å². The number of imide groups is 2. The fourth-order valence-corrected chi connectivity index (χ4v) is 5.01. The van der Waals surface area contributed by atoms with Crippen LogP contribution in [-0.4, -0.2) is 47.7 Å². The van der Waals surface area contributed by atoms with Gasteiger partial charge in [0.2, 0.25) is 11.8 Å². The van der Waals surface area contributed by atoms with E-state index in [9.17, 15) is 19.2 Å². The second-order valence-corrected chi connectivity index (χ2v) is 9.28. The third kappa shape index (κ3) is 4.46. The normalized spacial score (nSPS) is 20.9. The largest absolute Gasteiger partial charge is 0.381 e. The summed E-state index contributed by atoms with van der Waals surface area (Å²) in [5, 5.41) is 8.99. The van der Waals surface area contributed by atoms with Crippen molar-refractivity contribution in [2.75, 3.05) is 18.4 Å². The van der Waals surface area contributed by atoms with Crippen LogP contribution in [0, 0.1) is 5.92 Å². The van der Waals surface area contributed by atoms with Gasteiger partial charge in [-0.2, -0.15) is 0 Å². The molecular formula is C26H28N4O4. The van der Waals surface area contributed by atoms with E-state index in [1.807, 2.05) is 6.07 Å². The molecule has 176 valence electrons. The third-order valence-corrected chi connectivity index (χ3v) is 6.94. The van der Waals surface area contributed by atoms with Crippen molar-refractivity contribution in [2.45, 2.75) is 44.7 Å². The number of anilines is 1. The molecule has 2 aromatic carbocycles. The molecule has 3 heterocycles. The Labute approximate surface area is 198 Å². The number of carbonyl (C=O) groups is 4. The Morgan fingerprint density at radius 1 is 0.853 bits per heavy atom. The fraction of sp³-hybridized carbons (Fsp3) is 0.385. The topological polar surface area (TPSA) is 108 Å². The van der Waals surface area contributed by atoms with E-state index in [0.29, 0.717) is 17.7 Å². The average Bonchev–Trinajstić information content (AvgIpc) is 3.09. The minimum absolute atomic E-state index is 0.107. The molecule has 1 atom stereocenters. The molecule has 3 aliphatic rings. The number of benzene rings is 2. The number of rotatable bonds is 6. The highest BCUT2D eigenvalue weighted by Crippen LogP contribution is 2.28. The fourth-order valence-electron chi connectivity index (χ4n) is 5.01. The lowest BCUT2D eigenvalue weighted by Crippen LogP contribution is -2.54. The van der Waals surface area contributed by atoms with E-state index in [1.165, 1.54) is 18.4 Å². The summed E-state index contributed by atoms with van der Waals surface area (Å²) in [5.41, 5.74) is 3.78. The molecule has 2 saturated heterocycles. The van der Waals surface area contributed by atoms with Gasteiger partial charge in [0.25, 0.3) is 11.8 Å². The van der Waals surface area contributed by atoms with Gasteiger partial charge in [0, 0.05) is 18.7 Å². The lowest BCUT2D eigenvalue weighted by molar-refractivity contribution is -0.136. The molecule has 3 N–H and O–H groups in total. The maximum atomic E-state index is 13.0. The number of carbonyl (C=O) groups excluding carboxylic acids is 4. The highest BCUT2D eigenvalue weighted by molar-refractivity contribution is 6.23. The van der Waals surface area contributed by atoms with Gasteiger partial charge in [-0.05, 0) is 80.1 Å². The molecule has 8 nitrogen and oxygen atoms in total. The van der Waals surface area contributed by atoms with Gasteiger partial charge in [0.1, 0.15) is 6.04 Å². The van der Waals surface area contributed by atoms with E-state index in [0.717, 1.165) is 41.6 Å². The summed E-state index contributed by atoms with van der Waals surface area (Å²) in [5.74, 6) is -1.22. The van der Waals surface area contributed by atoms with Crippen LogP contribution < -0.4 is 16.0 Å². The highest BCUT2D eigenvalue weighted by atomic mass is 16.2. The zero-order valence-corrected chi connectivity index (χ0v) is 18.9. The number of hydrogen-bond acceptors (Lipinski definition) is 6. The number of nitrogens with one attached hydrogen (secondary N) is 3. The molecular weight excluding hydrogens is 432 g/mol. The summed E-state index contributed by atoms with van der Waals surface area (Å²) in [6.45, 7) is 2.70. The minimum Gasteiger partial charge on any atom is -0.381 e. The van der Waals surface area contributed by atoms with Crippen LogP contribution in [-0.2, 0) is 22.6 Å². The Bertz CT molecular complexity index is 1140. The van der Waals surface area contributed by atoms with Crippen LogP contribution in [0.2, 0.25) is 0 Å². The lowest BCUT2D eigenvalue weighted by Gasteiger charge is -2.27. The number of piperidine rings is 2. The number of nitrogens with zero attached hydrogens (tertiary/aromatic N) is 1. The van der Waals surface area contributed by atoms with Gasteiger partial charge in [-0.1, -0.05) is 18.2 Å². The molecule has 4 amide bonds. The maximum Gasteiger partial charge on any atom is 0.262 e. The van der Waals surface area contributed by atoms with Crippen molar-refractivity contribution in [2.24, 2.45) is 5.92 Å². The average molecular weight is 461 g/mol. The second kappa shape index (κ2) is 9.38. The number of amides is 4. The maximum absolute atomic E-state index is 13.0.